The van der Waals surface area contributed by atoms with Crippen LogP contribution in [0, 0.1) is 5.82 Å². The minimum absolute atomic E-state index is 0.0699. The van der Waals surface area contributed by atoms with E-state index in [1.165, 1.54) is 24.3 Å². The summed E-state index contributed by atoms with van der Waals surface area (Å²) in [6.07, 6.45) is 0. The van der Waals surface area contributed by atoms with Gasteiger partial charge >= 0.3 is 11.8 Å². The van der Waals surface area contributed by atoms with Crippen molar-refractivity contribution in [1.29, 1.82) is 0 Å². The van der Waals surface area contributed by atoms with Gasteiger partial charge in [0.2, 0.25) is 0 Å². The van der Waals surface area contributed by atoms with Crippen LogP contribution in [-0.2, 0) is 9.59 Å². The van der Waals surface area contributed by atoms with Gasteiger partial charge in [0.15, 0.2) is 0 Å². The third kappa shape index (κ3) is 3.81. The third-order valence-electron chi connectivity index (χ3n) is 2.18. The van der Waals surface area contributed by atoms with Gasteiger partial charge in [-0.05, 0) is 26.0 Å². The molecule has 5 nitrogen and oxygen atoms in total. The molecule has 98 valence electrons. The molecule has 1 rings (SSSR count). The monoisotopic (exact) mass is 254 g/mol. The van der Waals surface area contributed by atoms with Crippen LogP contribution in [0.5, 0.6) is 0 Å². The molecule has 0 radical (unpaired) electrons. The molecule has 0 unspecified atom stereocenters. The molecule has 0 bridgehead atoms. The summed E-state index contributed by atoms with van der Waals surface area (Å²) in [5.74, 6) is -2.54. The molecule has 0 aliphatic rings. The lowest BCUT2D eigenvalue weighted by Gasteiger charge is -2.22. The van der Waals surface area contributed by atoms with Crippen LogP contribution in [0.1, 0.15) is 13.8 Å². The summed E-state index contributed by atoms with van der Waals surface area (Å²) < 4.78 is 13.2. The Morgan fingerprint density at radius 1 is 1.28 bits per heavy atom. The van der Waals surface area contributed by atoms with E-state index in [0.717, 1.165) is 0 Å². The second-order valence-electron chi connectivity index (χ2n) is 4.43. The molecule has 1 aromatic rings. The Labute approximate surface area is 104 Å². The molecular weight excluding hydrogens is 239 g/mol. The van der Waals surface area contributed by atoms with Crippen LogP contribution in [0.25, 0.3) is 0 Å². The predicted molar refractivity (Wildman–Crippen MR) is 64.3 cm³/mol. The summed E-state index contributed by atoms with van der Waals surface area (Å²) in [4.78, 5) is 23.0. The first-order valence-electron chi connectivity index (χ1n) is 5.34. The van der Waals surface area contributed by atoms with Crippen molar-refractivity contribution in [3.63, 3.8) is 0 Å². The van der Waals surface area contributed by atoms with E-state index in [2.05, 4.69) is 10.6 Å². The second-order valence-corrected chi connectivity index (χ2v) is 4.43. The zero-order valence-corrected chi connectivity index (χ0v) is 10.2. The number of hydrogen-bond acceptors (Lipinski definition) is 3. The van der Waals surface area contributed by atoms with E-state index in [4.69, 9.17) is 5.11 Å². The summed E-state index contributed by atoms with van der Waals surface area (Å²) in [7, 11) is 0. The largest absolute Gasteiger partial charge is 0.394 e. The van der Waals surface area contributed by atoms with Crippen molar-refractivity contribution in [1.82, 2.24) is 5.32 Å². The van der Waals surface area contributed by atoms with Crippen LogP contribution in [0.15, 0.2) is 24.3 Å². The molecule has 3 N–H and O–H groups in total. The van der Waals surface area contributed by atoms with Gasteiger partial charge in [0.1, 0.15) is 5.82 Å². The van der Waals surface area contributed by atoms with E-state index < -0.39 is 23.2 Å². The lowest BCUT2D eigenvalue weighted by molar-refractivity contribution is -0.137. The summed E-state index contributed by atoms with van der Waals surface area (Å²) in [5, 5.41) is 13.4. The van der Waals surface area contributed by atoms with Gasteiger partial charge < -0.3 is 15.7 Å². The summed E-state index contributed by atoms with van der Waals surface area (Å²) in [5.41, 5.74) is -0.983. The quantitative estimate of drug-likeness (QED) is 0.693. The number of halogens is 1. The van der Waals surface area contributed by atoms with Crippen LogP contribution in [0.3, 0.4) is 0 Å². The number of hydrogen-bond donors (Lipinski definition) is 3. The fraction of sp³-hybridized carbons (Fsp3) is 0.333. The topological polar surface area (TPSA) is 78.4 Å². The van der Waals surface area contributed by atoms with Gasteiger partial charge in [0, 0.05) is 0 Å². The van der Waals surface area contributed by atoms with Gasteiger partial charge in [0.25, 0.3) is 0 Å². The Kier molecular flexibility index (Phi) is 4.38. The third-order valence-corrected chi connectivity index (χ3v) is 2.18. The summed E-state index contributed by atoms with van der Waals surface area (Å²) >= 11 is 0. The van der Waals surface area contributed by atoms with E-state index in [-0.39, 0.29) is 12.3 Å². The number of amides is 2. The Hall–Kier alpha value is -1.95. The normalized spacial score (nSPS) is 10.9. The fourth-order valence-electron chi connectivity index (χ4n) is 1.15. The van der Waals surface area contributed by atoms with Crippen molar-refractivity contribution in [3.05, 3.63) is 30.1 Å². The van der Waals surface area contributed by atoms with Crippen LogP contribution in [0.2, 0.25) is 0 Å². The fourth-order valence-corrected chi connectivity index (χ4v) is 1.15. The predicted octanol–water partition coefficient (Wildman–Crippen LogP) is 0.651. The summed E-state index contributed by atoms with van der Waals surface area (Å²) in [6.45, 7) is 2.80. The standard InChI is InChI=1S/C12H15FN2O3/c1-12(2,7-16)15-11(18)10(17)14-9-6-4-3-5-8(9)13/h3-6,16H,7H2,1-2H3,(H,14,17)(H,15,18). The Morgan fingerprint density at radius 2 is 1.89 bits per heavy atom. The van der Waals surface area contributed by atoms with Gasteiger partial charge in [-0.25, -0.2) is 4.39 Å². The first-order valence-corrected chi connectivity index (χ1v) is 5.34. The molecule has 2 amide bonds. The smallest absolute Gasteiger partial charge is 0.313 e. The Bertz CT molecular complexity index is 460. The maximum absolute atomic E-state index is 13.2. The number of anilines is 1. The number of carbonyl (C=O) groups is 2. The zero-order chi connectivity index (χ0) is 13.8. The highest BCUT2D eigenvalue weighted by atomic mass is 19.1. The first-order chi connectivity index (χ1) is 8.35. The minimum Gasteiger partial charge on any atom is -0.394 e. The highest BCUT2D eigenvalue weighted by Crippen LogP contribution is 2.12. The van der Waals surface area contributed by atoms with Crippen molar-refractivity contribution in [2.45, 2.75) is 19.4 Å². The molecular formula is C12H15FN2O3. The maximum Gasteiger partial charge on any atom is 0.313 e. The number of para-hydroxylation sites is 1. The van der Waals surface area contributed by atoms with Crippen LogP contribution < -0.4 is 10.6 Å². The molecule has 0 fully saturated rings. The van der Waals surface area contributed by atoms with Crippen LogP contribution >= 0.6 is 0 Å². The number of aliphatic hydroxyl groups excluding tert-OH is 1. The number of benzene rings is 1. The average Bonchev–Trinajstić information content (AvgIpc) is 2.31. The zero-order valence-electron chi connectivity index (χ0n) is 10.2. The Morgan fingerprint density at radius 3 is 2.44 bits per heavy atom. The molecule has 0 saturated heterocycles. The van der Waals surface area contributed by atoms with Crippen molar-refractivity contribution < 1.29 is 19.1 Å². The number of rotatable bonds is 3. The summed E-state index contributed by atoms with van der Waals surface area (Å²) in [6, 6.07) is 5.52. The number of carbonyl (C=O) groups excluding carboxylic acids is 2. The van der Waals surface area contributed by atoms with Crippen molar-refractivity contribution in [2.24, 2.45) is 0 Å². The molecule has 0 aliphatic carbocycles. The van der Waals surface area contributed by atoms with Gasteiger partial charge in [-0.2, -0.15) is 0 Å². The van der Waals surface area contributed by atoms with E-state index in [1.807, 2.05) is 0 Å². The van der Waals surface area contributed by atoms with Crippen LogP contribution in [-0.4, -0.2) is 29.1 Å². The Balaban J connectivity index is 2.67. The lowest BCUT2D eigenvalue weighted by atomic mass is 10.1. The maximum atomic E-state index is 13.2. The van der Waals surface area contributed by atoms with Crippen LogP contribution in [0.4, 0.5) is 10.1 Å². The molecule has 6 heteroatoms. The first kappa shape index (κ1) is 14.1. The molecule has 0 saturated carbocycles. The molecule has 0 spiro atoms. The molecule has 0 aliphatic heterocycles. The molecule has 0 aromatic heterocycles. The second kappa shape index (κ2) is 5.59. The molecule has 18 heavy (non-hydrogen) atoms. The lowest BCUT2D eigenvalue weighted by Crippen LogP contribution is -2.50. The highest BCUT2D eigenvalue weighted by molar-refractivity contribution is 6.39. The van der Waals surface area contributed by atoms with Gasteiger partial charge in [-0.15, -0.1) is 0 Å². The molecule has 1 aromatic carbocycles. The highest BCUT2D eigenvalue weighted by Gasteiger charge is 2.24. The van der Waals surface area contributed by atoms with Gasteiger partial charge in [0.05, 0.1) is 17.8 Å². The minimum atomic E-state index is -0.985. The SMILES string of the molecule is CC(C)(CO)NC(=O)C(=O)Nc1ccccc1F. The van der Waals surface area contributed by atoms with E-state index in [1.54, 1.807) is 13.8 Å². The van der Waals surface area contributed by atoms with E-state index in [9.17, 15) is 14.0 Å². The average molecular weight is 254 g/mol. The van der Waals surface area contributed by atoms with Crippen molar-refractivity contribution in [3.8, 4) is 0 Å². The van der Waals surface area contributed by atoms with Gasteiger partial charge in [-0.3, -0.25) is 9.59 Å². The van der Waals surface area contributed by atoms with Gasteiger partial charge in [-0.1, -0.05) is 12.1 Å². The number of aliphatic hydroxyl groups is 1. The van der Waals surface area contributed by atoms with E-state index in [0.29, 0.717) is 0 Å². The van der Waals surface area contributed by atoms with E-state index >= 15 is 0 Å². The van der Waals surface area contributed by atoms with Crippen molar-refractivity contribution in [2.75, 3.05) is 11.9 Å². The number of nitrogens with one attached hydrogen (secondary N) is 2. The van der Waals surface area contributed by atoms with Crippen molar-refractivity contribution >= 4 is 17.5 Å². The molecule has 0 atom stereocenters. The molecule has 0 heterocycles.